The number of hydrogen-bond acceptors (Lipinski definition) is 4. The van der Waals surface area contributed by atoms with E-state index >= 15 is 0 Å². The molecule has 6 nitrogen and oxygen atoms in total. The smallest absolute Gasteiger partial charge is 0.242 e. The van der Waals surface area contributed by atoms with Crippen molar-refractivity contribution in [3.05, 3.63) is 53.6 Å². The highest BCUT2D eigenvalue weighted by molar-refractivity contribution is 7.89. The van der Waals surface area contributed by atoms with E-state index < -0.39 is 22.0 Å². The Labute approximate surface area is 152 Å². The van der Waals surface area contributed by atoms with Crippen LogP contribution in [0.15, 0.2) is 53.4 Å². The second-order valence-corrected chi connectivity index (χ2v) is 7.39. The number of benzene rings is 2. The molecular formula is C17H19ClN2O4S. The minimum atomic E-state index is -3.82. The Hall–Kier alpha value is -2.09. The first-order valence-electron chi connectivity index (χ1n) is 7.63. The molecule has 0 aliphatic rings. The van der Waals surface area contributed by atoms with Crippen LogP contribution in [0.1, 0.15) is 13.8 Å². The highest BCUT2D eigenvalue weighted by Crippen LogP contribution is 2.17. The molecule has 134 valence electrons. The summed E-state index contributed by atoms with van der Waals surface area (Å²) in [6.45, 7) is 3.90. The molecule has 2 N–H and O–H groups in total. The van der Waals surface area contributed by atoms with E-state index in [4.69, 9.17) is 16.3 Å². The maximum atomic E-state index is 12.3. The van der Waals surface area contributed by atoms with Gasteiger partial charge in [0.25, 0.3) is 0 Å². The Morgan fingerprint density at radius 3 is 2.28 bits per heavy atom. The van der Waals surface area contributed by atoms with Crippen molar-refractivity contribution in [1.82, 2.24) is 4.72 Å². The van der Waals surface area contributed by atoms with Gasteiger partial charge in [-0.15, -0.1) is 0 Å². The summed E-state index contributed by atoms with van der Waals surface area (Å²) in [4.78, 5) is 12.2. The summed E-state index contributed by atoms with van der Waals surface area (Å²) in [6.07, 6.45) is 0. The van der Waals surface area contributed by atoms with Crippen molar-refractivity contribution in [3.63, 3.8) is 0 Å². The first kappa shape index (κ1) is 19.2. The molecule has 0 aliphatic heterocycles. The molecule has 0 spiro atoms. The third-order valence-corrected chi connectivity index (χ3v) is 5.09. The molecule has 8 heteroatoms. The molecule has 0 saturated carbocycles. The Bertz CT molecular complexity index is 821. The number of hydrogen-bond donors (Lipinski definition) is 2. The fourth-order valence-electron chi connectivity index (χ4n) is 2.02. The Morgan fingerprint density at radius 2 is 1.72 bits per heavy atom. The maximum absolute atomic E-state index is 12.3. The number of carbonyl (C=O) groups excluding carboxylic acids is 1. The van der Waals surface area contributed by atoms with Crippen molar-refractivity contribution in [2.24, 2.45) is 0 Å². The third-order valence-electron chi connectivity index (χ3n) is 3.28. The molecule has 1 amide bonds. The van der Waals surface area contributed by atoms with Crippen molar-refractivity contribution >= 4 is 33.2 Å². The van der Waals surface area contributed by atoms with E-state index in [1.54, 1.807) is 24.3 Å². The van der Waals surface area contributed by atoms with Gasteiger partial charge in [0, 0.05) is 10.7 Å². The van der Waals surface area contributed by atoms with Gasteiger partial charge >= 0.3 is 0 Å². The second-order valence-electron chi connectivity index (χ2n) is 5.24. The molecule has 2 aromatic carbocycles. The number of halogens is 1. The van der Waals surface area contributed by atoms with Crippen LogP contribution in [0.3, 0.4) is 0 Å². The number of nitrogens with one attached hydrogen (secondary N) is 2. The third kappa shape index (κ3) is 5.45. The van der Waals surface area contributed by atoms with E-state index in [9.17, 15) is 13.2 Å². The summed E-state index contributed by atoms with van der Waals surface area (Å²) in [5.41, 5.74) is 0.547. The van der Waals surface area contributed by atoms with E-state index in [1.807, 2.05) is 6.92 Å². The zero-order valence-electron chi connectivity index (χ0n) is 13.8. The largest absolute Gasteiger partial charge is 0.494 e. The van der Waals surface area contributed by atoms with Crippen molar-refractivity contribution in [2.45, 2.75) is 24.8 Å². The molecule has 0 heterocycles. The molecule has 25 heavy (non-hydrogen) atoms. The molecule has 2 aromatic rings. The highest BCUT2D eigenvalue weighted by Gasteiger charge is 2.22. The van der Waals surface area contributed by atoms with Crippen LogP contribution in [-0.2, 0) is 14.8 Å². The number of amides is 1. The van der Waals surface area contributed by atoms with Crippen LogP contribution in [0.4, 0.5) is 5.69 Å². The molecule has 0 unspecified atom stereocenters. The van der Waals surface area contributed by atoms with E-state index in [1.165, 1.54) is 31.2 Å². The molecule has 0 fully saturated rings. The minimum absolute atomic E-state index is 0.0395. The van der Waals surface area contributed by atoms with Gasteiger partial charge in [-0.05, 0) is 62.4 Å². The number of sulfonamides is 1. The number of carbonyl (C=O) groups is 1. The first-order chi connectivity index (χ1) is 11.8. The quantitative estimate of drug-likeness (QED) is 0.770. The summed E-state index contributed by atoms with van der Waals surface area (Å²) in [5.74, 6) is 0.221. The topological polar surface area (TPSA) is 84.5 Å². The molecule has 0 saturated heterocycles. The molecule has 2 rings (SSSR count). The summed E-state index contributed by atoms with van der Waals surface area (Å²) in [5, 5.41) is 3.08. The maximum Gasteiger partial charge on any atom is 0.242 e. The van der Waals surface area contributed by atoms with E-state index in [0.717, 1.165) is 0 Å². The van der Waals surface area contributed by atoms with Crippen LogP contribution >= 0.6 is 11.6 Å². The van der Waals surface area contributed by atoms with Crippen LogP contribution < -0.4 is 14.8 Å². The van der Waals surface area contributed by atoms with Crippen LogP contribution in [-0.4, -0.2) is 27.0 Å². The fraction of sp³-hybridized carbons (Fsp3) is 0.235. The summed E-state index contributed by atoms with van der Waals surface area (Å²) < 4.78 is 32.2. The van der Waals surface area contributed by atoms with Gasteiger partial charge in [-0.2, -0.15) is 4.72 Å². The summed E-state index contributed by atoms with van der Waals surface area (Å²) in [6, 6.07) is 11.6. The van der Waals surface area contributed by atoms with Gasteiger partial charge < -0.3 is 10.1 Å². The van der Waals surface area contributed by atoms with Gasteiger partial charge in [0.15, 0.2) is 0 Å². The SMILES string of the molecule is CCOc1ccc(NC(=O)[C@H](C)NS(=O)(=O)c2ccc(Cl)cc2)cc1. The Morgan fingerprint density at radius 1 is 1.12 bits per heavy atom. The Balaban J connectivity index is 2.00. The highest BCUT2D eigenvalue weighted by atomic mass is 35.5. The molecule has 0 bridgehead atoms. The van der Waals surface area contributed by atoms with Crippen molar-refractivity contribution in [2.75, 3.05) is 11.9 Å². The second kappa shape index (κ2) is 8.33. The van der Waals surface area contributed by atoms with E-state index in [0.29, 0.717) is 23.1 Å². The number of rotatable bonds is 7. The van der Waals surface area contributed by atoms with Gasteiger partial charge in [-0.1, -0.05) is 11.6 Å². The van der Waals surface area contributed by atoms with Crippen LogP contribution in [0.25, 0.3) is 0 Å². The Kier molecular flexibility index (Phi) is 6.41. The van der Waals surface area contributed by atoms with Crippen LogP contribution in [0.2, 0.25) is 5.02 Å². The first-order valence-corrected chi connectivity index (χ1v) is 9.49. The number of ether oxygens (including phenoxy) is 1. The van der Waals surface area contributed by atoms with Crippen molar-refractivity contribution in [1.29, 1.82) is 0 Å². The minimum Gasteiger partial charge on any atom is -0.494 e. The van der Waals surface area contributed by atoms with Crippen molar-refractivity contribution in [3.8, 4) is 5.75 Å². The van der Waals surface area contributed by atoms with Crippen LogP contribution in [0, 0.1) is 0 Å². The average Bonchev–Trinajstić information content (AvgIpc) is 2.57. The van der Waals surface area contributed by atoms with E-state index in [-0.39, 0.29) is 4.90 Å². The predicted molar refractivity (Wildman–Crippen MR) is 97.5 cm³/mol. The monoisotopic (exact) mass is 382 g/mol. The van der Waals surface area contributed by atoms with Gasteiger partial charge in [-0.25, -0.2) is 8.42 Å². The molecule has 0 radical (unpaired) electrons. The average molecular weight is 383 g/mol. The number of anilines is 1. The lowest BCUT2D eigenvalue weighted by molar-refractivity contribution is -0.117. The lowest BCUT2D eigenvalue weighted by Crippen LogP contribution is -2.41. The normalized spacial score (nSPS) is 12.4. The zero-order valence-corrected chi connectivity index (χ0v) is 15.4. The summed E-state index contributed by atoms with van der Waals surface area (Å²) >= 11 is 5.75. The van der Waals surface area contributed by atoms with Gasteiger partial charge in [0.2, 0.25) is 15.9 Å². The van der Waals surface area contributed by atoms with Crippen LogP contribution in [0.5, 0.6) is 5.75 Å². The van der Waals surface area contributed by atoms with Gasteiger partial charge in [-0.3, -0.25) is 4.79 Å². The standard InChI is InChI=1S/C17H19ClN2O4S/c1-3-24-15-8-6-14(7-9-15)19-17(21)12(2)20-25(22,23)16-10-4-13(18)5-11-16/h4-12,20H,3H2,1-2H3,(H,19,21)/t12-/m0/s1. The lowest BCUT2D eigenvalue weighted by Gasteiger charge is -2.15. The molecule has 0 aliphatic carbocycles. The predicted octanol–water partition coefficient (Wildman–Crippen LogP) is 3.04. The molecule has 0 aromatic heterocycles. The fourth-order valence-corrected chi connectivity index (χ4v) is 3.35. The zero-order chi connectivity index (χ0) is 18.4. The van der Waals surface area contributed by atoms with Gasteiger partial charge in [0.05, 0.1) is 17.5 Å². The van der Waals surface area contributed by atoms with E-state index in [2.05, 4.69) is 10.0 Å². The lowest BCUT2D eigenvalue weighted by atomic mass is 10.2. The van der Waals surface area contributed by atoms with Crippen molar-refractivity contribution < 1.29 is 17.9 Å². The molecule has 1 atom stereocenters. The molecular weight excluding hydrogens is 364 g/mol. The summed E-state index contributed by atoms with van der Waals surface area (Å²) in [7, 11) is -3.82. The van der Waals surface area contributed by atoms with Gasteiger partial charge in [0.1, 0.15) is 5.75 Å².